The molecule has 0 aliphatic heterocycles. The Morgan fingerprint density at radius 3 is 2.33 bits per heavy atom. The van der Waals surface area contributed by atoms with Crippen LogP contribution in [0.25, 0.3) is 0 Å². The van der Waals surface area contributed by atoms with E-state index in [9.17, 15) is 4.79 Å². The third-order valence-electron chi connectivity index (χ3n) is 3.23. The van der Waals surface area contributed by atoms with Crippen LogP contribution in [0, 0.1) is 0 Å². The van der Waals surface area contributed by atoms with Crippen molar-refractivity contribution < 1.29 is 14.3 Å². The summed E-state index contributed by atoms with van der Waals surface area (Å²) in [5, 5.41) is 2.95. The van der Waals surface area contributed by atoms with Gasteiger partial charge in [0.1, 0.15) is 16.0 Å². The summed E-state index contributed by atoms with van der Waals surface area (Å²) in [6.45, 7) is 2.54. The number of halogens is 1. The predicted octanol–water partition coefficient (Wildman–Crippen LogP) is 2.71. The third kappa shape index (κ3) is 4.89. The van der Waals surface area contributed by atoms with E-state index >= 15 is 0 Å². The molecule has 0 aliphatic carbocycles. The number of unbranched alkanes of at least 4 members (excludes halogenated alkanes) is 1. The van der Waals surface area contributed by atoms with Gasteiger partial charge in [-0.2, -0.15) is 0 Å². The van der Waals surface area contributed by atoms with Crippen LogP contribution in [0.3, 0.4) is 0 Å². The molecule has 1 unspecified atom stereocenters. The quantitative estimate of drug-likeness (QED) is 0.749. The highest BCUT2D eigenvalue weighted by Crippen LogP contribution is 2.35. The lowest BCUT2D eigenvalue weighted by molar-refractivity contribution is 0.0935. The summed E-state index contributed by atoms with van der Waals surface area (Å²) >= 11 is 3.38. The summed E-state index contributed by atoms with van der Waals surface area (Å²) in [6, 6.07) is 3.34. The number of hydrogen-bond donors (Lipinski definition) is 2. The van der Waals surface area contributed by atoms with Gasteiger partial charge in [0.05, 0.1) is 14.2 Å². The van der Waals surface area contributed by atoms with Gasteiger partial charge >= 0.3 is 0 Å². The van der Waals surface area contributed by atoms with Crippen molar-refractivity contribution in [3.63, 3.8) is 0 Å². The van der Waals surface area contributed by atoms with Crippen molar-refractivity contribution in [1.82, 2.24) is 5.32 Å². The molecule has 118 valence electrons. The molecule has 1 atom stereocenters. The maximum absolute atomic E-state index is 12.3. The zero-order chi connectivity index (χ0) is 15.8. The number of ether oxygens (including phenoxy) is 2. The number of hydrogen-bond acceptors (Lipinski definition) is 4. The second-order valence-electron chi connectivity index (χ2n) is 4.74. The van der Waals surface area contributed by atoms with E-state index < -0.39 is 0 Å². The van der Waals surface area contributed by atoms with Crippen LogP contribution in [0.2, 0.25) is 0 Å². The van der Waals surface area contributed by atoms with Crippen molar-refractivity contribution in [1.29, 1.82) is 0 Å². The average molecular weight is 359 g/mol. The van der Waals surface area contributed by atoms with Crippen LogP contribution >= 0.6 is 15.9 Å². The number of rotatable bonds is 8. The van der Waals surface area contributed by atoms with Crippen molar-refractivity contribution >= 4 is 21.8 Å². The molecule has 3 N–H and O–H groups in total. The predicted molar refractivity (Wildman–Crippen MR) is 87.1 cm³/mol. The SMILES string of the molecule is CCCCC(CN)NC(=O)c1cc(OC)c(Br)c(OC)c1. The maximum Gasteiger partial charge on any atom is 0.251 e. The Hall–Kier alpha value is -1.27. The number of carbonyl (C=O) groups excluding carboxylic acids is 1. The topological polar surface area (TPSA) is 73.6 Å². The molecule has 0 saturated carbocycles. The largest absolute Gasteiger partial charge is 0.495 e. The average Bonchev–Trinajstić information content (AvgIpc) is 2.51. The molecule has 6 heteroatoms. The number of amides is 1. The smallest absolute Gasteiger partial charge is 0.251 e. The van der Waals surface area contributed by atoms with Crippen LogP contribution in [0.4, 0.5) is 0 Å². The van der Waals surface area contributed by atoms with Gasteiger partial charge in [0.25, 0.3) is 5.91 Å². The highest BCUT2D eigenvalue weighted by atomic mass is 79.9. The van der Waals surface area contributed by atoms with E-state index in [0.29, 0.717) is 28.1 Å². The molecule has 21 heavy (non-hydrogen) atoms. The van der Waals surface area contributed by atoms with E-state index in [1.165, 1.54) is 0 Å². The Morgan fingerprint density at radius 1 is 1.33 bits per heavy atom. The second kappa shape index (κ2) is 8.89. The van der Waals surface area contributed by atoms with E-state index in [1.54, 1.807) is 26.4 Å². The standard InChI is InChI=1S/C15H23BrN2O3/c1-4-5-6-11(9-17)18-15(19)10-7-12(20-2)14(16)13(8-10)21-3/h7-8,11H,4-6,9,17H2,1-3H3,(H,18,19). The summed E-state index contributed by atoms with van der Waals surface area (Å²) < 4.78 is 11.2. The Bertz CT molecular complexity index is 455. The van der Waals surface area contributed by atoms with Gasteiger partial charge in [-0.05, 0) is 34.5 Å². The van der Waals surface area contributed by atoms with E-state index in [0.717, 1.165) is 19.3 Å². The number of nitrogens with one attached hydrogen (secondary N) is 1. The monoisotopic (exact) mass is 358 g/mol. The fourth-order valence-corrected chi connectivity index (χ4v) is 2.52. The summed E-state index contributed by atoms with van der Waals surface area (Å²) in [5.74, 6) is 0.931. The van der Waals surface area contributed by atoms with Gasteiger partial charge < -0.3 is 20.5 Å². The van der Waals surface area contributed by atoms with Crippen LogP contribution in [0.15, 0.2) is 16.6 Å². The lowest BCUT2D eigenvalue weighted by Gasteiger charge is -2.17. The van der Waals surface area contributed by atoms with Crippen LogP contribution in [0.5, 0.6) is 11.5 Å². The normalized spacial score (nSPS) is 11.9. The van der Waals surface area contributed by atoms with Crippen LogP contribution in [-0.4, -0.2) is 32.7 Å². The van der Waals surface area contributed by atoms with Crippen LogP contribution in [0.1, 0.15) is 36.5 Å². The summed E-state index contributed by atoms with van der Waals surface area (Å²) in [6.07, 6.45) is 2.99. The van der Waals surface area contributed by atoms with Gasteiger partial charge in [0, 0.05) is 18.2 Å². The molecule has 0 bridgehead atoms. The molecule has 0 aliphatic rings. The first-order valence-corrected chi connectivity index (χ1v) is 7.79. The van der Waals surface area contributed by atoms with E-state index in [1.807, 2.05) is 0 Å². The van der Waals surface area contributed by atoms with Gasteiger partial charge in [0.15, 0.2) is 0 Å². The van der Waals surface area contributed by atoms with Crippen molar-refractivity contribution in [2.24, 2.45) is 5.73 Å². The Balaban J connectivity index is 2.91. The molecule has 1 amide bonds. The van der Waals surface area contributed by atoms with Gasteiger partial charge in [-0.3, -0.25) is 4.79 Å². The first kappa shape index (κ1) is 17.8. The van der Waals surface area contributed by atoms with Gasteiger partial charge in [-0.1, -0.05) is 19.8 Å². The molecule has 0 heterocycles. The summed E-state index contributed by atoms with van der Waals surface area (Å²) in [7, 11) is 3.09. The zero-order valence-corrected chi connectivity index (χ0v) is 14.3. The van der Waals surface area contributed by atoms with Crippen molar-refractivity contribution in [3.8, 4) is 11.5 Å². The second-order valence-corrected chi connectivity index (χ2v) is 5.54. The van der Waals surface area contributed by atoms with Crippen LogP contribution in [-0.2, 0) is 0 Å². The highest BCUT2D eigenvalue weighted by molar-refractivity contribution is 9.10. The molecule has 0 spiro atoms. The minimum Gasteiger partial charge on any atom is -0.495 e. The van der Waals surface area contributed by atoms with Gasteiger partial charge in [-0.25, -0.2) is 0 Å². The zero-order valence-electron chi connectivity index (χ0n) is 12.7. The molecule has 0 fully saturated rings. The fraction of sp³-hybridized carbons (Fsp3) is 0.533. The summed E-state index contributed by atoms with van der Waals surface area (Å²) in [5.41, 5.74) is 6.19. The fourth-order valence-electron chi connectivity index (χ4n) is 1.97. The Kier molecular flexibility index (Phi) is 7.53. The highest BCUT2D eigenvalue weighted by Gasteiger charge is 2.17. The first-order valence-electron chi connectivity index (χ1n) is 6.99. The van der Waals surface area contributed by atoms with Crippen molar-refractivity contribution in [2.75, 3.05) is 20.8 Å². The number of carbonyl (C=O) groups is 1. The Labute approximate surface area is 134 Å². The lowest BCUT2D eigenvalue weighted by atomic mass is 10.1. The maximum atomic E-state index is 12.3. The third-order valence-corrected chi connectivity index (χ3v) is 4.02. The molecule has 0 saturated heterocycles. The molecular formula is C15H23BrN2O3. The minimum atomic E-state index is -0.175. The number of benzene rings is 1. The lowest BCUT2D eigenvalue weighted by Crippen LogP contribution is -2.40. The molecule has 0 radical (unpaired) electrons. The number of methoxy groups -OCH3 is 2. The van der Waals surface area contributed by atoms with E-state index in [4.69, 9.17) is 15.2 Å². The van der Waals surface area contributed by atoms with Gasteiger partial charge in [0.2, 0.25) is 0 Å². The van der Waals surface area contributed by atoms with Crippen molar-refractivity contribution in [2.45, 2.75) is 32.2 Å². The van der Waals surface area contributed by atoms with Gasteiger partial charge in [-0.15, -0.1) is 0 Å². The Morgan fingerprint density at radius 2 is 1.90 bits per heavy atom. The minimum absolute atomic E-state index is 0.0157. The molecule has 0 aromatic heterocycles. The van der Waals surface area contributed by atoms with Crippen molar-refractivity contribution in [3.05, 3.63) is 22.2 Å². The molecule has 5 nitrogen and oxygen atoms in total. The molecule has 1 aromatic carbocycles. The molecule has 1 rings (SSSR count). The van der Waals surface area contributed by atoms with Crippen LogP contribution < -0.4 is 20.5 Å². The first-order chi connectivity index (χ1) is 10.1. The van der Waals surface area contributed by atoms with E-state index in [-0.39, 0.29) is 11.9 Å². The van der Waals surface area contributed by atoms with E-state index in [2.05, 4.69) is 28.2 Å². The molecule has 1 aromatic rings. The summed E-state index contributed by atoms with van der Waals surface area (Å²) in [4.78, 5) is 12.3. The number of nitrogens with two attached hydrogens (primary N) is 1. The molecular weight excluding hydrogens is 336 g/mol.